The summed E-state index contributed by atoms with van der Waals surface area (Å²) in [6.45, 7) is 3.70. The first-order chi connectivity index (χ1) is 14.5. The summed E-state index contributed by atoms with van der Waals surface area (Å²) in [7, 11) is 0. The van der Waals surface area contributed by atoms with E-state index in [1.54, 1.807) is 29.2 Å². The molecule has 1 fully saturated rings. The highest BCUT2D eigenvalue weighted by atomic mass is 35.5. The number of rotatable bonds is 6. The minimum atomic E-state index is -0.906. The summed E-state index contributed by atoms with van der Waals surface area (Å²) in [5.41, 5.74) is 1.39. The van der Waals surface area contributed by atoms with Gasteiger partial charge in [-0.1, -0.05) is 41.9 Å². The molecule has 1 saturated heterocycles. The number of nitrogens with zero attached hydrogens (tertiary/aromatic N) is 2. The minimum Gasteiger partial charge on any atom is -0.454 e. The number of piperazine rings is 1. The topological polar surface area (TPSA) is 78.9 Å². The molecule has 0 saturated carbocycles. The number of hydrogen-bond acceptors (Lipinski definition) is 5. The van der Waals surface area contributed by atoms with E-state index < -0.39 is 17.9 Å². The Morgan fingerprint density at radius 1 is 1.00 bits per heavy atom. The molecule has 30 heavy (non-hydrogen) atoms. The third-order valence-corrected chi connectivity index (χ3v) is 5.24. The first-order valence-corrected chi connectivity index (χ1v) is 10.1. The Morgan fingerprint density at radius 2 is 1.63 bits per heavy atom. The Bertz CT molecular complexity index is 898. The van der Waals surface area contributed by atoms with E-state index >= 15 is 0 Å². The van der Waals surface area contributed by atoms with Crippen LogP contribution in [0.3, 0.4) is 0 Å². The Hall–Kier alpha value is -3.06. The molecule has 0 aromatic heterocycles. The highest BCUT2D eigenvalue weighted by Gasteiger charge is 2.24. The molecule has 2 amide bonds. The third kappa shape index (κ3) is 5.51. The highest BCUT2D eigenvalue weighted by Crippen LogP contribution is 2.16. The molecule has 3 rings (SSSR count). The van der Waals surface area contributed by atoms with E-state index in [1.165, 1.54) is 6.92 Å². The molecule has 2 aromatic rings. The predicted molar refractivity (Wildman–Crippen MR) is 115 cm³/mol. The van der Waals surface area contributed by atoms with Crippen molar-refractivity contribution < 1.29 is 19.1 Å². The summed E-state index contributed by atoms with van der Waals surface area (Å²) in [5.74, 6) is -1.40. The van der Waals surface area contributed by atoms with Gasteiger partial charge in [-0.25, -0.2) is 4.79 Å². The third-order valence-electron chi connectivity index (χ3n) is 4.91. The molecule has 1 unspecified atom stereocenters. The number of carbonyl (C=O) groups is 3. The van der Waals surface area contributed by atoms with Crippen LogP contribution in [0.15, 0.2) is 54.6 Å². The van der Waals surface area contributed by atoms with Gasteiger partial charge in [-0.3, -0.25) is 9.59 Å². The van der Waals surface area contributed by atoms with Crippen LogP contribution in [0.2, 0.25) is 5.02 Å². The number of ether oxygens (including phenoxy) is 1. The molecule has 0 spiro atoms. The van der Waals surface area contributed by atoms with Crippen molar-refractivity contribution in [3.63, 3.8) is 0 Å². The molecule has 158 valence electrons. The first-order valence-electron chi connectivity index (χ1n) is 9.75. The van der Waals surface area contributed by atoms with Crippen molar-refractivity contribution in [2.24, 2.45) is 0 Å². The van der Waals surface area contributed by atoms with Crippen molar-refractivity contribution in [2.75, 3.05) is 37.7 Å². The van der Waals surface area contributed by atoms with Gasteiger partial charge in [0.05, 0.1) is 10.6 Å². The van der Waals surface area contributed by atoms with Gasteiger partial charge in [0.2, 0.25) is 0 Å². The molecule has 7 nitrogen and oxygen atoms in total. The van der Waals surface area contributed by atoms with E-state index in [2.05, 4.69) is 10.2 Å². The van der Waals surface area contributed by atoms with E-state index in [0.29, 0.717) is 31.2 Å². The van der Waals surface area contributed by atoms with Crippen LogP contribution in [-0.2, 0) is 14.3 Å². The number of nitrogens with one attached hydrogen (secondary N) is 1. The maximum absolute atomic E-state index is 12.4. The van der Waals surface area contributed by atoms with Gasteiger partial charge in [0.25, 0.3) is 11.8 Å². The summed E-state index contributed by atoms with van der Waals surface area (Å²) in [4.78, 5) is 40.7. The van der Waals surface area contributed by atoms with Gasteiger partial charge in [-0.15, -0.1) is 0 Å². The van der Waals surface area contributed by atoms with E-state index in [0.717, 1.165) is 5.69 Å². The zero-order valence-corrected chi connectivity index (χ0v) is 17.5. The quantitative estimate of drug-likeness (QED) is 0.713. The van der Waals surface area contributed by atoms with Crippen molar-refractivity contribution in [1.29, 1.82) is 0 Å². The molecule has 0 aliphatic carbocycles. The SMILES string of the molecule is CC(NC(=O)c1ccccc1Cl)C(=O)OCC(=O)N1CCN(c2ccccc2)CC1. The van der Waals surface area contributed by atoms with Gasteiger partial charge in [-0.2, -0.15) is 0 Å². The van der Waals surface area contributed by atoms with E-state index in [4.69, 9.17) is 16.3 Å². The number of anilines is 1. The van der Waals surface area contributed by atoms with E-state index in [1.807, 2.05) is 30.3 Å². The lowest BCUT2D eigenvalue weighted by atomic mass is 10.2. The Labute approximate surface area is 180 Å². The van der Waals surface area contributed by atoms with Crippen molar-refractivity contribution >= 4 is 35.1 Å². The van der Waals surface area contributed by atoms with Crippen molar-refractivity contribution in [1.82, 2.24) is 10.2 Å². The lowest BCUT2D eigenvalue weighted by Crippen LogP contribution is -2.50. The zero-order chi connectivity index (χ0) is 21.5. The molecule has 1 aliphatic heterocycles. The normalized spacial score (nSPS) is 14.7. The van der Waals surface area contributed by atoms with Crippen molar-refractivity contribution in [2.45, 2.75) is 13.0 Å². The monoisotopic (exact) mass is 429 g/mol. The first kappa shape index (κ1) is 21.6. The van der Waals surface area contributed by atoms with E-state index in [9.17, 15) is 14.4 Å². The predicted octanol–water partition coefficient (Wildman–Crippen LogP) is 2.35. The number of carbonyl (C=O) groups excluding carboxylic acids is 3. The van der Waals surface area contributed by atoms with Gasteiger partial charge >= 0.3 is 5.97 Å². The molecule has 2 aromatic carbocycles. The zero-order valence-electron chi connectivity index (χ0n) is 16.7. The second-order valence-electron chi connectivity index (χ2n) is 6.99. The van der Waals surface area contributed by atoms with Crippen LogP contribution in [-0.4, -0.2) is 61.5 Å². The molecular weight excluding hydrogens is 406 g/mol. The maximum Gasteiger partial charge on any atom is 0.328 e. The lowest BCUT2D eigenvalue weighted by molar-refractivity contribution is -0.153. The van der Waals surface area contributed by atoms with Crippen molar-refractivity contribution in [3.05, 3.63) is 65.2 Å². The van der Waals surface area contributed by atoms with E-state index in [-0.39, 0.29) is 18.1 Å². The molecule has 1 atom stereocenters. The maximum atomic E-state index is 12.4. The van der Waals surface area contributed by atoms with Crippen LogP contribution in [0.25, 0.3) is 0 Å². The summed E-state index contributed by atoms with van der Waals surface area (Å²) >= 11 is 5.99. The minimum absolute atomic E-state index is 0.249. The summed E-state index contributed by atoms with van der Waals surface area (Å²) in [5, 5.41) is 2.83. The fourth-order valence-electron chi connectivity index (χ4n) is 3.18. The summed E-state index contributed by atoms with van der Waals surface area (Å²) in [6, 6.07) is 15.7. The molecule has 1 aliphatic rings. The van der Waals surface area contributed by atoms with Crippen LogP contribution < -0.4 is 10.2 Å². The van der Waals surface area contributed by atoms with Crippen molar-refractivity contribution in [3.8, 4) is 0 Å². The molecular formula is C22H24ClN3O4. The van der Waals surface area contributed by atoms with Gasteiger partial charge in [0.1, 0.15) is 6.04 Å². The van der Waals surface area contributed by atoms with Crippen LogP contribution in [0, 0.1) is 0 Å². The molecule has 0 bridgehead atoms. The molecule has 8 heteroatoms. The average molecular weight is 430 g/mol. The van der Waals surface area contributed by atoms with Gasteiger partial charge in [-0.05, 0) is 31.2 Å². The Balaban J connectivity index is 1.42. The number of amides is 2. The van der Waals surface area contributed by atoms with Gasteiger partial charge < -0.3 is 19.9 Å². The molecule has 1 N–H and O–H groups in total. The largest absolute Gasteiger partial charge is 0.454 e. The number of para-hydroxylation sites is 1. The Kier molecular flexibility index (Phi) is 7.30. The average Bonchev–Trinajstić information content (AvgIpc) is 2.78. The summed E-state index contributed by atoms with van der Waals surface area (Å²) < 4.78 is 5.11. The fraction of sp³-hybridized carbons (Fsp3) is 0.318. The number of halogens is 1. The second kappa shape index (κ2) is 10.1. The highest BCUT2D eigenvalue weighted by molar-refractivity contribution is 6.33. The van der Waals surface area contributed by atoms with Gasteiger partial charge in [0.15, 0.2) is 6.61 Å². The number of esters is 1. The molecule has 1 heterocycles. The smallest absolute Gasteiger partial charge is 0.328 e. The lowest BCUT2D eigenvalue weighted by Gasteiger charge is -2.36. The molecule has 0 radical (unpaired) electrons. The Morgan fingerprint density at radius 3 is 2.30 bits per heavy atom. The van der Waals surface area contributed by atoms with Crippen LogP contribution in [0.5, 0.6) is 0 Å². The van der Waals surface area contributed by atoms with Gasteiger partial charge in [0, 0.05) is 31.9 Å². The fourth-order valence-corrected chi connectivity index (χ4v) is 3.40. The standard InChI is InChI=1S/C22H24ClN3O4/c1-16(24-21(28)18-9-5-6-10-19(18)23)22(29)30-15-20(27)26-13-11-25(12-14-26)17-7-3-2-4-8-17/h2-10,16H,11-15H2,1H3,(H,24,28). The number of benzene rings is 2. The van der Waals surface area contributed by atoms with Crippen LogP contribution >= 0.6 is 11.6 Å². The van der Waals surface area contributed by atoms with Crippen LogP contribution in [0.1, 0.15) is 17.3 Å². The second-order valence-corrected chi connectivity index (χ2v) is 7.39. The summed E-state index contributed by atoms with van der Waals surface area (Å²) in [6.07, 6.45) is 0. The van der Waals surface area contributed by atoms with Crippen LogP contribution in [0.4, 0.5) is 5.69 Å². The number of hydrogen-bond donors (Lipinski definition) is 1.